The zero-order chi connectivity index (χ0) is 10.0. The molecule has 0 radical (unpaired) electrons. The molecule has 0 bridgehead atoms. The Morgan fingerprint density at radius 3 is 2.69 bits per heavy atom. The summed E-state index contributed by atoms with van der Waals surface area (Å²) in [6, 6.07) is 5.05. The number of ketones is 1. The predicted molar refractivity (Wildman–Crippen MR) is 58.2 cm³/mol. The van der Waals surface area contributed by atoms with Crippen molar-refractivity contribution < 1.29 is 9.90 Å². The number of phenolic OH excluding ortho intramolecular Hbond substituents is 1. The molecule has 13 heavy (non-hydrogen) atoms. The maximum Gasteiger partial charge on any atom is 0.147 e. The number of hydrogen-bond donors (Lipinski definition) is 1. The average molecular weight is 308 g/mol. The van der Waals surface area contributed by atoms with E-state index in [0.29, 0.717) is 4.47 Å². The Balaban J connectivity index is 3.15. The molecular formula is C9H8Br2O2. The molecule has 0 aliphatic carbocycles. The molecule has 0 heterocycles. The number of aromatic hydroxyl groups is 1. The molecule has 0 amide bonds. The van der Waals surface area contributed by atoms with Crippen LogP contribution in [0.3, 0.4) is 0 Å². The highest BCUT2D eigenvalue weighted by Gasteiger charge is 2.16. The molecule has 1 atom stereocenters. The Morgan fingerprint density at radius 2 is 2.15 bits per heavy atom. The first kappa shape index (κ1) is 10.7. The van der Waals surface area contributed by atoms with E-state index in [1.165, 1.54) is 6.92 Å². The third-order valence-electron chi connectivity index (χ3n) is 1.64. The van der Waals surface area contributed by atoms with Gasteiger partial charge in [-0.2, -0.15) is 0 Å². The summed E-state index contributed by atoms with van der Waals surface area (Å²) in [6.07, 6.45) is 0. The quantitative estimate of drug-likeness (QED) is 0.852. The Morgan fingerprint density at radius 1 is 1.54 bits per heavy atom. The van der Waals surface area contributed by atoms with Crippen LogP contribution in [0.4, 0.5) is 0 Å². The fraction of sp³-hybridized carbons (Fsp3) is 0.222. The van der Waals surface area contributed by atoms with Crippen LogP contribution >= 0.6 is 31.9 Å². The van der Waals surface area contributed by atoms with Gasteiger partial charge in [0.1, 0.15) is 11.5 Å². The van der Waals surface area contributed by atoms with Gasteiger partial charge in [0.15, 0.2) is 0 Å². The molecule has 0 aromatic heterocycles. The number of benzene rings is 1. The summed E-state index contributed by atoms with van der Waals surface area (Å²) < 4.78 is 0.562. The molecule has 2 nitrogen and oxygen atoms in total. The maximum atomic E-state index is 11.1. The Kier molecular flexibility index (Phi) is 3.50. The second kappa shape index (κ2) is 4.24. The van der Waals surface area contributed by atoms with E-state index in [2.05, 4.69) is 31.9 Å². The number of phenols is 1. The van der Waals surface area contributed by atoms with E-state index in [1.54, 1.807) is 18.2 Å². The molecule has 0 aliphatic rings. The van der Waals surface area contributed by atoms with Crippen LogP contribution < -0.4 is 0 Å². The van der Waals surface area contributed by atoms with E-state index in [0.717, 1.165) is 5.56 Å². The van der Waals surface area contributed by atoms with Gasteiger partial charge in [-0.15, -0.1) is 0 Å². The van der Waals surface area contributed by atoms with Crippen molar-refractivity contribution in [3.8, 4) is 5.75 Å². The molecule has 70 valence electrons. The lowest BCUT2D eigenvalue weighted by atomic mass is 10.1. The van der Waals surface area contributed by atoms with Crippen LogP contribution in [0, 0.1) is 0 Å². The molecule has 0 fully saturated rings. The first-order valence-electron chi connectivity index (χ1n) is 3.66. The second-order valence-corrected chi connectivity index (χ2v) is 4.36. The standard InChI is InChI=1S/C9H8Br2O2/c1-5(12)8(10)6-3-2-4-7(13)9(6)11/h2-4,8,13H,1H3. The lowest BCUT2D eigenvalue weighted by Gasteiger charge is -2.09. The van der Waals surface area contributed by atoms with Gasteiger partial charge in [0.2, 0.25) is 0 Å². The van der Waals surface area contributed by atoms with Crippen LogP contribution in [0.25, 0.3) is 0 Å². The molecule has 0 saturated heterocycles. The van der Waals surface area contributed by atoms with Crippen molar-refractivity contribution in [3.63, 3.8) is 0 Å². The minimum Gasteiger partial charge on any atom is -0.507 e. The number of rotatable bonds is 2. The predicted octanol–water partition coefficient (Wildman–Crippen LogP) is 3.18. The lowest BCUT2D eigenvalue weighted by molar-refractivity contribution is -0.116. The topological polar surface area (TPSA) is 37.3 Å². The van der Waals surface area contributed by atoms with Crippen LogP contribution in [0.5, 0.6) is 5.75 Å². The largest absolute Gasteiger partial charge is 0.507 e. The number of hydrogen-bond acceptors (Lipinski definition) is 2. The minimum atomic E-state index is -0.367. The van der Waals surface area contributed by atoms with Crippen LogP contribution in [0.1, 0.15) is 17.3 Å². The van der Waals surface area contributed by atoms with Crippen LogP contribution in [0.15, 0.2) is 22.7 Å². The van der Waals surface area contributed by atoms with Gasteiger partial charge < -0.3 is 5.11 Å². The third kappa shape index (κ3) is 2.31. The zero-order valence-corrected chi connectivity index (χ0v) is 10.1. The summed E-state index contributed by atoms with van der Waals surface area (Å²) in [5.74, 6) is 0.148. The van der Waals surface area contributed by atoms with Crippen molar-refractivity contribution >= 4 is 37.6 Å². The Hall–Kier alpha value is -0.350. The smallest absolute Gasteiger partial charge is 0.147 e. The summed E-state index contributed by atoms with van der Waals surface area (Å²) >= 11 is 6.46. The van der Waals surface area contributed by atoms with E-state index in [4.69, 9.17) is 0 Å². The van der Waals surface area contributed by atoms with Crippen molar-refractivity contribution in [1.82, 2.24) is 0 Å². The molecule has 0 spiro atoms. The first-order valence-corrected chi connectivity index (χ1v) is 5.36. The summed E-state index contributed by atoms with van der Waals surface area (Å²) in [7, 11) is 0. The fourth-order valence-electron chi connectivity index (χ4n) is 0.952. The van der Waals surface area contributed by atoms with Gasteiger partial charge in [0.25, 0.3) is 0 Å². The minimum absolute atomic E-state index is 0.00583. The number of Topliss-reactive ketones (excluding diaryl/α,β-unsaturated/α-hetero) is 1. The average Bonchev–Trinajstić information content (AvgIpc) is 2.08. The van der Waals surface area contributed by atoms with Crippen molar-refractivity contribution in [2.45, 2.75) is 11.8 Å². The third-order valence-corrected chi connectivity index (χ3v) is 3.64. The van der Waals surface area contributed by atoms with Crippen LogP contribution in [0.2, 0.25) is 0 Å². The summed E-state index contributed by atoms with van der Waals surface area (Å²) in [5.41, 5.74) is 0.743. The molecule has 1 N–H and O–H groups in total. The van der Waals surface area contributed by atoms with Gasteiger partial charge in [-0.05, 0) is 34.5 Å². The summed E-state index contributed by atoms with van der Waals surface area (Å²) in [5, 5.41) is 9.35. The first-order chi connectivity index (χ1) is 6.04. The highest BCUT2D eigenvalue weighted by molar-refractivity contribution is 9.11. The molecule has 1 aromatic rings. The van der Waals surface area contributed by atoms with Gasteiger partial charge in [0, 0.05) is 0 Å². The monoisotopic (exact) mass is 306 g/mol. The highest BCUT2D eigenvalue weighted by atomic mass is 79.9. The molecule has 4 heteroatoms. The maximum absolute atomic E-state index is 11.1. The number of alkyl halides is 1. The Labute approximate surface area is 93.2 Å². The molecule has 1 unspecified atom stereocenters. The van der Waals surface area contributed by atoms with Crippen molar-refractivity contribution in [2.75, 3.05) is 0 Å². The molecular weight excluding hydrogens is 300 g/mol. The summed E-state index contributed by atoms with van der Waals surface area (Å²) in [6.45, 7) is 1.50. The van der Waals surface area contributed by atoms with E-state index >= 15 is 0 Å². The molecule has 1 rings (SSSR count). The van der Waals surface area contributed by atoms with Crippen LogP contribution in [-0.4, -0.2) is 10.9 Å². The highest BCUT2D eigenvalue weighted by Crippen LogP contribution is 2.35. The normalized spacial score (nSPS) is 12.5. The van der Waals surface area contributed by atoms with Gasteiger partial charge in [-0.3, -0.25) is 4.79 Å². The van der Waals surface area contributed by atoms with E-state index in [-0.39, 0.29) is 16.4 Å². The van der Waals surface area contributed by atoms with E-state index in [9.17, 15) is 9.90 Å². The van der Waals surface area contributed by atoms with Gasteiger partial charge in [0.05, 0.1) is 9.30 Å². The number of carbonyl (C=O) groups excluding carboxylic acids is 1. The summed E-state index contributed by atoms with van der Waals surface area (Å²) in [4.78, 5) is 10.7. The van der Waals surface area contributed by atoms with Gasteiger partial charge in [-0.25, -0.2) is 0 Å². The van der Waals surface area contributed by atoms with Gasteiger partial charge >= 0.3 is 0 Å². The fourth-order valence-corrected chi connectivity index (χ4v) is 2.13. The van der Waals surface area contributed by atoms with Crippen LogP contribution in [-0.2, 0) is 4.79 Å². The van der Waals surface area contributed by atoms with E-state index in [1.807, 2.05) is 0 Å². The SMILES string of the molecule is CC(=O)C(Br)c1cccc(O)c1Br. The Bertz CT molecular complexity index is 336. The molecule has 1 aromatic carbocycles. The zero-order valence-electron chi connectivity index (χ0n) is 6.92. The molecule has 0 saturated carbocycles. The van der Waals surface area contributed by atoms with Crippen molar-refractivity contribution in [2.24, 2.45) is 0 Å². The second-order valence-electron chi connectivity index (χ2n) is 2.65. The van der Waals surface area contributed by atoms with Crippen molar-refractivity contribution in [3.05, 3.63) is 28.2 Å². The number of halogens is 2. The lowest BCUT2D eigenvalue weighted by Crippen LogP contribution is -2.01. The molecule has 0 aliphatic heterocycles. The van der Waals surface area contributed by atoms with Crippen molar-refractivity contribution in [1.29, 1.82) is 0 Å². The van der Waals surface area contributed by atoms with E-state index < -0.39 is 0 Å². The number of carbonyl (C=O) groups is 1. The van der Waals surface area contributed by atoms with Gasteiger partial charge in [-0.1, -0.05) is 28.1 Å².